The van der Waals surface area contributed by atoms with Gasteiger partial charge in [0, 0.05) is 11.9 Å². The summed E-state index contributed by atoms with van der Waals surface area (Å²) >= 11 is 1.89. The first kappa shape index (κ1) is 13.8. The molecule has 1 N–H and O–H groups in total. The number of likely N-dealkylation sites (N-methyl/N-ethyl adjacent to an activating group) is 1. The van der Waals surface area contributed by atoms with Gasteiger partial charge >= 0.3 is 5.97 Å². The van der Waals surface area contributed by atoms with Gasteiger partial charge < -0.3 is 14.8 Å². The van der Waals surface area contributed by atoms with Crippen LogP contribution in [0.4, 0.5) is 0 Å². The van der Waals surface area contributed by atoms with Gasteiger partial charge in [0.05, 0.1) is 13.2 Å². The van der Waals surface area contributed by atoms with Crippen LogP contribution in [0.1, 0.15) is 19.8 Å². The molecule has 1 aliphatic rings. The van der Waals surface area contributed by atoms with Crippen molar-refractivity contribution in [2.75, 3.05) is 26.5 Å². The molecule has 0 aromatic heterocycles. The predicted molar refractivity (Wildman–Crippen MR) is 65.8 cm³/mol. The van der Waals surface area contributed by atoms with Crippen LogP contribution in [-0.2, 0) is 14.3 Å². The molecule has 5 heteroatoms. The number of esters is 1. The third-order valence-electron chi connectivity index (χ3n) is 2.88. The third kappa shape index (κ3) is 3.96. The van der Waals surface area contributed by atoms with Crippen LogP contribution in [0.2, 0.25) is 0 Å². The molecule has 4 nitrogen and oxygen atoms in total. The Balaban J connectivity index is 2.20. The average molecular weight is 247 g/mol. The Morgan fingerprint density at radius 1 is 1.69 bits per heavy atom. The molecule has 16 heavy (non-hydrogen) atoms. The van der Waals surface area contributed by atoms with E-state index >= 15 is 0 Å². The Hall–Kier alpha value is -0.260. The van der Waals surface area contributed by atoms with Crippen molar-refractivity contribution in [3.8, 4) is 0 Å². The topological polar surface area (TPSA) is 47.6 Å². The van der Waals surface area contributed by atoms with E-state index in [0.29, 0.717) is 11.4 Å². The minimum atomic E-state index is -0.185. The van der Waals surface area contributed by atoms with Crippen molar-refractivity contribution < 1.29 is 14.3 Å². The van der Waals surface area contributed by atoms with Crippen LogP contribution in [0.25, 0.3) is 0 Å². The molecular formula is C11H21NO3S. The molecule has 3 unspecified atom stereocenters. The lowest BCUT2D eigenvalue weighted by atomic mass is 10.2. The van der Waals surface area contributed by atoms with Crippen LogP contribution < -0.4 is 5.32 Å². The number of nitrogens with one attached hydrogen (secondary N) is 1. The van der Waals surface area contributed by atoms with Gasteiger partial charge in [-0.2, -0.15) is 11.8 Å². The summed E-state index contributed by atoms with van der Waals surface area (Å²) in [6.07, 6.45) is 2.27. The number of rotatable bonds is 6. The zero-order valence-corrected chi connectivity index (χ0v) is 11.0. The summed E-state index contributed by atoms with van der Waals surface area (Å²) in [5.74, 6) is 0.776. The molecule has 0 aromatic rings. The second-order valence-corrected chi connectivity index (χ2v) is 5.27. The van der Waals surface area contributed by atoms with Crippen molar-refractivity contribution in [3.05, 3.63) is 0 Å². The minimum Gasteiger partial charge on any atom is -0.468 e. The number of ether oxygens (including phenoxy) is 2. The lowest BCUT2D eigenvalue weighted by molar-refractivity contribution is -0.143. The maximum atomic E-state index is 11.3. The zero-order chi connectivity index (χ0) is 12.0. The fourth-order valence-electron chi connectivity index (χ4n) is 1.79. The lowest BCUT2D eigenvalue weighted by Gasteiger charge is -2.16. The van der Waals surface area contributed by atoms with E-state index in [9.17, 15) is 4.79 Å². The van der Waals surface area contributed by atoms with Gasteiger partial charge in [0.25, 0.3) is 0 Å². The van der Waals surface area contributed by atoms with Crippen molar-refractivity contribution in [1.29, 1.82) is 0 Å². The first-order chi connectivity index (χ1) is 7.69. The van der Waals surface area contributed by atoms with Gasteiger partial charge in [0.15, 0.2) is 0 Å². The van der Waals surface area contributed by atoms with Crippen LogP contribution in [0.5, 0.6) is 0 Å². The molecule has 0 amide bonds. The van der Waals surface area contributed by atoms with Crippen LogP contribution in [0.15, 0.2) is 0 Å². The van der Waals surface area contributed by atoms with E-state index in [1.54, 1.807) is 7.05 Å². The Morgan fingerprint density at radius 2 is 2.44 bits per heavy atom. The number of thioether (sulfide) groups is 1. The highest BCUT2D eigenvalue weighted by molar-refractivity contribution is 7.99. The van der Waals surface area contributed by atoms with Gasteiger partial charge in [-0.3, -0.25) is 4.79 Å². The van der Waals surface area contributed by atoms with Crippen molar-refractivity contribution in [1.82, 2.24) is 5.32 Å². The lowest BCUT2D eigenvalue weighted by Crippen LogP contribution is -2.35. The van der Waals surface area contributed by atoms with Crippen molar-refractivity contribution >= 4 is 17.7 Å². The fourth-order valence-corrected chi connectivity index (χ4v) is 3.08. The molecule has 0 aromatic carbocycles. The smallest absolute Gasteiger partial charge is 0.322 e. The molecule has 0 spiro atoms. The van der Waals surface area contributed by atoms with Crippen LogP contribution in [-0.4, -0.2) is 49.9 Å². The van der Waals surface area contributed by atoms with Crippen LogP contribution in [0.3, 0.4) is 0 Å². The summed E-state index contributed by atoms with van der Waals surface area (Å²) in [4.78, 5) is 11.3. The standard InChI is InChI=1S/C11H21NO3S/c1-8-10(4-6-15-8)16-7-5-9(12-2)11(13)14-3/h8-10,12H,4-7H2,1-3H3. The van der Waals surface area contributed by atoms with E-state index in [-0.39, 0.29) is 12.0 Å². The molecule has 0 saturated carbocycles. The van der Waals surface area contributed by atoms with Gasteiger partial charge in [-0.1, -0.05) is 0 Å². The molecule has 94 valence electrons. The Morgan fingerprint density at radius 3 is 2.94 bits per heavy atom. The normalized spacial score (nSPS) is 26.7. The van der Waals surface area contributed by atoms with E-state index in [2.05, 4.69) is 12.2 Å². The SMILES string of the molecule is CNC(CCSC1CCOC1C)C(=O)OC. The van der Waals surface area contributed by atoms with Crippen molar-refractivity contribution in [3.63, 3.8) is 0 Å². The highest BCUT2D eigenvalue weighted by Crippen LogP contribution is 2.26. The summed E-state index contributed by atoms with van der Waals surface area (Å²) in [5.41, 5.74) is 0. The third-order valence-corrected chi connectivity index (χ3v) is 4.40. The monoisotopic (exact) mass is 247 g/mol. The average Bonchev–Trinajstić information content (AvgIpc) is 2.69. The zero-order valence-electron chi connectivity index (χ0n) is 10.2. The number of carbonyl (C=O) groups is 1. The van der Waals surface area contributed by atoms with E-state index < -0.39 is 0 Å². The van der Waals surface area contributed by atoms with Gasteiger partial charge in [-0.25, -0.2) is 0 Å². The predicted octanol–water partition coefficient (Wildman–Crippen LogP) is 1.05. The van der Waals surface area contributed by atoms with E-state index in [4.69, 9.17) is 9.47 Å². The fraction of sp³-hybridized carbons (Fsp3) is 0.909. The second-order valence-electron chi connectivity index (χ2n) is 3.93. The molecule has 1 rings (SSSR count). The second kappa shape index (κ2) is 7.14. The van der Waals surface area contributed by atoms with Gasteiger partial charge in [-0.15, -0.1) is 0 Å². The van der Waals surface area contributed by atoms with E-state index in [1.807, 2.05) is 11.8 Å². The first-order valence-corrected chi connectivity index (χ1v) is 6.72. The summed E-state index contributed by atoms with van der Waals surface area (Å²) in [7, 11) is 3.21. The van der Waals surface area contributed by atoms with Gasteiger partial charge in [0.1, 0.15) is 6.04 Å². The van der Waals surface area contributed by atoms with Crippen LogP contribution in [0, 0.1) is 0 Å². The minimum absolute atomic E-state index is 0.182. The summed E-state index contributed by atoms with van der Waals surface area (Å²) in [5, 5.41) is 3.55. The Kier molecular flexibility index (Phi) is 6.16. The number of carbonyl (C=O) groups excluding carboxylic acids is 1. The highest BCUT2D eigenvalue weighted by atomic mass is 32.2. The molecule has 0 bridgehead atoms. The maximum Gasteiger partial charge on any atom is 0.322 e. The number of hydrogen-bond donors (Lipinski definition) is 1. The molecule has 3 atom stereocenters. The Labute approximate surface area is 101 Å². The molecule has 0 aliphatic carbocycles. The molecule has 1 aliphatic heterocycles. The molecule has 0 radical (unpaired) electrons. The van der Waals surface area contributed by atoms with Gasteiger partial charge in [0.2, 0.25) is 0 Å². The highest BCUT2D eigenvalue weighted by Gasteiger charge is 2.25. The molecular weight excluding hydrogens is 226 g/mol. The summed E-state index contributed by atoms with van der Waals surface area (Å²) in [6.45, 7) is 2.98. The quantitative estimate of drug-likeness (QED) is 0.711. The Bertz CT molecular complexity index is 225. The summed E-state index contributed by atoms with van der Waals surface area (Å²) in [6, 6.07) is -0.185. The number of hydrogen-bond acceptors (Lipinski definition) is 5. The maximum absolute atomic E-state index is 11.3. The van der Waals surface area contributed by atoms with Crippen molar-refractivity contribution in [2.45, 2.75) is 37.2 Å². The van der Waals surface area contributed by atoms with Crippen molar-refractivity contribution in [2.24, 2.45) is 0 Å². The van der Waals surface area contributed by atoms with E-state index in [0.717, 1.165) is 25.2 Å². The first-order valence-electron chi connectivity index (χ1n) is 5.67. The van der Waals surface area contributed by atoms with E-state index in [1.165, 1.54) is 7.11 Å². The molecule has 1 heterocycles. The van der Waals surface area contributed by atoms with Crippen LogP contribution >= 0.6 is 11.8 Å². The van der Waals surface area contributed by atoms with Gasteiger partial charge in [-0.05, 0) is 32.6 Å². The largest absolute Gasteiger partial charge is 0.468 e. The molecule has 1 fully saturated rings. The number of methoxy groups -OCH3 is 1. The summed E-state index contributed by atoms with van der Waals surface area (Å²) < 4.78 is 10.2. The molecule has 1 saturated heterocycles.